The number of hydrogen-bond acceptors (Lipinski definition) is 1. The van der Waals surface area contributed by atoms with Gasteiger partial charge in [-0.1, -0.05) is 0 Å². The second-order valence-electron chi connectivity index (χ2n) is 0. The molecule has 0 saturated heterocycles. The first-order valence-corrected chi connectivity index (χ1v) is 0.507. The molecule has 0 radical (unpaired) electrons. The molecule has 0 spiro atoms. The summed E-state index contributed by atoms with van der Waals surface area (Å²) in [6.07, 6.45) is 0. The Morgan fingerprint density at radius 1 is 1.40 bits per heavy atom. The van der Waals surface area contributed by atoms with Crippen LogP contribution in [0.15, 0.2) is 0 Å². The maximum Gasteiger partial charge on any atom is 2.00 e. The second-order valence-corrected chi connectivity index (χ2v) is 0. The van der Waals surface area contributed by atoms with E-state index in [4.69, 9.17) is 4.66 Å². The molecule has 0 amide bonds. The standard InChI is InChI=1S/Al.Ca.ClHO.H2O.5H/c;;1-2;;;;;;/h;;2H;1H2;;;;;/q;+2;;;;;;2*-1. The zero-order valence-electron chi connectivity index (χ0n) is 4.03. The van der Waals surface area contributed by atoms with Crippen LogP contribution in [0.1, 0.15) is 2.85 Å². The van der Waals surface area contributed by atoms with Crippen molar-refractivity contribution >= 4 is 67.0 Å². The third kappa shape index (κ3) is 24.0. The zero-order chi connectivity index (χ0) is 2.00. The minimum atomic E-state index is 0. The van der Waals surface area contributed by atoms with Gasteiger partial charge in [0.2, 0.25) is 0 Å². The van der Waals surface area contributed by atoms with E-state index in [0.717, 1.165) is 0 Å². The van der Waals surface area contributed by atoms with E-state index in [9.17, 15) is 0 Å². The SMILES string of the molecule is O.OCl.[AlH3].[Ca+2].[H-].[H-]. The Morgan fingerprint density at radius 3 is 1.40 bits per heavy atom. The molecule has 0 bridgehead atoms. The molecular formula is H8AlCaClO2. The fourth-order valence-electron chi connectivity index (χ4n) is 0. The summed E-state index contributed by atoms with van der Waals surface area (Å²) in [6, 6.07) is 0. The van der Waals surface area contributed by atoms with Crippen LogP contribution >= 0.6 is 11.9 Å². The van der Waals surface area contributed by atoms with Gasteiger partial charge in [0.15, 0.2) is 17.4 Å². The summed E-state index contributed by atoms with van der Waals surface area (Å²) in [5, 5.41) is 0. The molecule has 32 valence electrons. The second kappa shape index (κ2) is 37.5. The van der Waals surface area contributed by atoms with Gasteiger partial charge in [-0.05, 0) is 0 Å². The van der Waals surface area contributed by atoms with E-state index in [2.05, 4.69) is 11.9 Å². The van der Waals surface area contributed by atoms with Crippen molar-refractivity contribution in [2.75, 3.05) is 0 Å². The minimum Gasteiger partial charge on any atom is -1.00 e. The quantitative estimate of drug-likeness (QED) is 0.390. The summed E-state index contributed by atoms with van der Waals surface area (Å²) >= 11 is 3.64. The molecule has 0 rings (SSSR count). The van der Waals surface area contributed by atoms with Crippen molar-refractivity contribution < 1.29 is 13.0 Å². The van der Waals surface area contributed by atoms with E-state index in [1.807, 2.05) is 0 Å². The molecule has 0 aromatic heterocycles. The van der Waals surface area contributed by atoms with Crippen molar-refractivity contribution in [3.05, 3.63) is 0 Å². The van der Waals surface area contributed by atoms with Gasteiger partial charge in [-0.3, -0.25) is 4.66 Å². The molecular weight excluding hydrogens is 135 g/mol. The van der Waals surface area contributed by atoms with Gasteiger partial charge < -0.3 is 8.33 Å². The molecule has 0 atom stereocenters. The summed E-state index contributed by atoms with van der Waals surface area (Å²) in [7, 11) is 0. The molecule has 0 unspecified atom stereocenters. The van der Waals surface area contributed by atoms with Crippen LogP contribution in [0.25, 0.3) is 0 Å². The molecule has 2 nitrogen and oxygen atoms in total. The van der Waals surface area contributed by atoms with Crippen LogP contribution in [0.2, 0.25) is 0 Å². The van der Waals surface area contributed by atoms with Crippen molar-refractivity contribution in [3.8, 4) is 0 Å². The van der Waals surface area contributed by atoms with Gasteiger partial charge in [-0.2, -0.15) is 0 Å². The molecule has 0 heterocycles. The summed E-state index contributed by atoms with van der Waals surface area (Å²) in [4.78, 5) is 0. The average Bonchev–Trinajstić information content (AvgIpc) is 1.00. The summed E-state index contributed by atoms with van der Waals surface area (Å²) in [6.45, 7) is 0. The molecule has 0 aromatic rings. The zero-order valence-corrected chi connectivity index (χ0v) is 5.00. The molecule has 0 aliphatic rings. The molecule has 0 aromatic carbocycles. The van der Waals surface area contributed by atoms with Crippen LogP contribution < -0.4 is 0 Å². The Morgan fingerprint density at radius 2 is 1.40 bits per heavy atom. The fourth-order valence-corrected chi connectivity index (χ4v) is 0. The van der Waals surface area contributed by atoms with Gasteiger partial charge in [0.05, 0.1) is 11.9 Å². The number of halogens is 1. The van der Waals surface area contributed by atoms with E-state index >= 15 is 0 Å². The maximum atomic E-state index is 6.47. The maximum absolute atomic E-state index is 6.47. The monoisotopic (exact) mass is 142 g/mol. The van der Waals surface area contributed by atoms with E-state index in [-0.39, 0.29) is 63.4 Å². The fraction of sp³-hybridized carbons (Fsp3) is 0. The summed E-state index contributed by atoms with van der Waals surface area (Å²) in [5.41, 5.74) is 0. The Kier molecular flexibility index (Phi) is 210. The first-order valence-electron chi connectivity index (χ1n) is 0.169. The Bertz CT molecular complexity index is 15.7. The topological polar surface area (TPSA) is 51.7 Å². The van der Waals surface area contributed by atoms with Gasteiger partial charge in [0.25, 0.3) is 0 Å². The van der Waals surface area contributed by atoms with Gasteiger partial charge in [-0.15, -0.1) is 0 Å². The number of rotatable bonds is 0. The first kappa shape index (κ1) is 28.0. The number of hydrogen-bond donors (Lipinski definition) is 1. The Balaban J connectivity index is -0.000000000500. The van der Waals surface area contributed by atoms with Crippen molar-refractivity contribution in [2.24, 2.45) is 0 Å². The smallest absolute Gasteiger partial charge is 1.00 e. The van der Waals surface area contributed by atoms with Crippen molar-refractivity contribution in [3.63, 3.8) is 0 Å². The van der Waals surface area contributed by atoms with Gasteiger partial charge in [0.1, 0.15) is 0 Å². The predicted molar refractivity (Wildman–Crippen MR) is 29.6 cm³/mol. The molecule has 0 fully saturated rings. The van der Waals surface area contributed by atoms with Crippen LogP contribution in [0.4, 0.5) is 0 Å². The Hall–Kier alpha value is 2.00. The van der Waals surface area contributed by atoms with Gasteiger partial charge in [-0.25, -0.2) is 0 Å². The normalized spacial score (nSPS) is 1.20. The largest absolute Gasteiger partial charge is 2.00 e. The van der Waals surface area contributed by atoms with E-state index in [0.29, 0.717) is 0 Å². The summed E-state index contributed by atoms with van der Waals surface area (Å²) < 4.78 is 6.47. The molecule has 0 saturated carbocycles. The van der Waals surface area contributed by atoms with E-state index in [1.165, 1.54) is 0 Å². The predicted octanol–water partition coefficient (Wildman–Crippen LogP) is -2.03. The third-order valence-corrected chi connectivity index (χ3v) is 0. The van der Waals surface area contributed by atoms with Crippen molar-refractivity contribution in [2.45, 2.75) is 0 Å². The molecule has 5 heavy (non-hydrogen) atoms. The molecule has 0 aliphatic heterocycles. The molecule has 5 heteroatoms. The van der Waals surface area contributed by atoms with Crippen LogP contribution in [0, 0.1) is 0 Å². The van der Waals surface area contributed by atoms with Crippen LogP contribution in [-0.4, -0.2) is 65.2 Å². The van der Waals surface area contributed by atoms with E-state index in [1.54, 1.807) is 0 Å². The Labute approximate surface area is 79.1 Å². The van der Waals surface area contributed by atoms with Crippen LogP contribution in [0.3, 0.4) is 0 Å². The molecule has 3 N–H and O–H groups in total. The minimum absolute atomic E-state index is 0. The molecule has 0 aliphatic carbocycles. The van der Waals surface area contributed by atoms with Crippen molar-refractivity contribution in [1.82, 2.24) is 0 Å². The van der Waals surface area contributed by atoms with E-state index < -0.39 is 0 Å². The van der Waals surface area contributed by atoms with Gasteiger partial charge >= 0.3 is 37.7 Å². The third-order valence-electron chi connectivity index (χ3n) is 0. The average molecular weight is 143 g/mol. The summed E-state index contributed by atoms with van der Waals surface area (Å²) in [5.74, 6) is 0. The van der Waals surface area contributed by atoms with Crippen molar-refractivity contribution in [1.29, 1.82) is 0 Å². The van der Waals surface area contributed by atoms with Crippen LogP contribution in [0.5, 0.6) is 0 Å². The van der Waals surface area contributed by atoms with Crippen LogP contribution in [-0.2, 0) is 0 Å². The first-order chi connectivity index (χ1) is 1.00. The van der Waals surface area contributed by atoms with Gasteiger partial charge in [0, 0.05) is 0 Å².